The van der Waals surface area contributed by atoms with E-state index in [1.807, 2.05) is 0 Å². The van der Waals surface area contributed by atoms with E-state index in [0.717, 1.165) is 58.5 Å². The van der Waals surface area contributed by atoms with Crippen molar-refractivity contribution in [3.63, 3.8) is 0 Å². The van der Waals surface area contributed by atoms with Crippen LogP contribution in [0.4, 0.5) is 0 Å². The molecule has 0 aromatic heterocycles. The Kier molecular flexibility index (Phi) is 5.68. The summed E-state index contributed by atoms with van der Waals surface area (Å²) < 4.78 is 10.7. The summed E-state index contributed by atoms with van der Waals surface area (Å²) in [6.07, 6.45) is 4.32. The van der Waals surface area contributed by atoms with Crippen molar-refractivity contribution in [2.45, 2.75) is 51.2 Å². The first kappa shape index (κ1) is 16.5. The number of hydrogen-bond acceptors (Lipinski definition) is 4. The molecule has 1 aliphatic carbocycles. The lowest BCUT2D eigenvalue weighted by atomic mass is 9.82. The maximum atomic E-state index is 11.0. The van der Waals surface area contributed by atoms with Crippen LogP contribution in [0.15, 0.2) is 24.3 Å². The summed E-state index contributed by atoms with van der Waals surface area (Å²) in [5.41, 5.74) is 2.81. The van der Waals surface area contributed by atoms with E-state index >= 15 is 0 Å². The highest BCUT2D eigenvalue weighted by atomic mass is 16.5. The van der Waals surface area contributed by atoms with Crippen molar-refractivity contribution in [3.05, 3.63) is 35.4 Å². The fourth-order valence-corrected chi connectivity index (χ4v) is 3.66. The second-order valence-corrected chi connectivity index (χ2v) is 6.71. The number of nitrogens with zero attached hydrogens (tertiary/aromatic N) is 1. The van der Waals surface area contributed by atoms with Crippen LogP contribution in [-0.2, 0) is 20.8 Å². The van der Waals surface area contributed by atoms with Gasteiger partial charge in [-0.15, -0.1) is 0 Å². The fraction of sp³-hybridized carbons (Fsp3) is 0.632. The Balaban J connectivity index is 1.50. The van der Waals surface area contributed by atoms with Crippen molar-refractivity contribution >= 4 is 5.97 Å². The molecule has 3 rings (SSSR count). The molecule has 0 bridgehead atoms. The second-order valence-electron chi connectivity index (χ2n) is 6.71. The van der Waals surface area contributed by atoms with Gasteiger partial charge in [-0.25, -0.2) is 0 Å². The monoisotopic (exact) mass is 317 g/mol. The fourth-order valence-electron chi connectivity index (χ4n) is 3.66. The number of morpholine rings is 1. The van der Waals surface area contributed by atoms with Gasteiger partial charge < -0.3 is 9.47 Å². The summed E-state index contributed by atoms with van der Waals surface area (Å²) in [6.45, 7) is 6.28. The smallest absolute Gasteiger partial charge is 0.302 e. The van der Waals surface area contributed by atoms with E-state index < -0.39 is 0 Å². The highest BCUT2D eigenvalue weighted by Crippen LogP contribution is 2.34. The molecule has 1 saturated heterocycles. The second kappa shape index (κ2) is 7.93. The van der Waals surface area contributed by atoms with Crippen molar-refractivity contribution in [3.8, 4) is 0 Å². The van der Waals surface area contributed by atoms with E-state index in [0.29, 0.717) is 5.92 Å². The third kappa shape index (κ3) is 4.79. The summed E-state index contributed by atoms with van der Waals surface area (Å²) in [5.74, 6) is 0.458. The van der Waals surface area contributed by atoms with Gasteiger partial charge in [0.2, 0.25) is 0 Å². The zero-order valence-corrected chi connectivity index (χ0v) is 14.0. The van der Waals surface area contributed by atoms with Crippen molar-refractivity contribution in [2.75, 3.05) is 26.3 Å². The topological polar surface area (TPSA) is 38.8 Å². The SMILES string of the molecule is CC(=O)O[C@H]1CC[C@H](c2ccc(CN3CCOCC3)cc2)CC1. The van der Waals surface area contributed by atoms with Gasteiger partial charge in [-0.3, -0.25) is 9.69 Å². The van der Waals surface area contributed by atoms with Crippen LogP contribution in [0.1, 0.15) is 49.7 Å². The quantitative estimate of drug-likeness (QED) is 0.800. The van der Waals surface area contributed by atoms with Gasteiger partial charge in [0.15, 0.2) is 0 Å². The summed E-state index contributed by atoms with van der Waals surface area (Å²) in [6, 6.07) is 9.10. The first-order valence-corrected chi connectivity index (χ1v) is 8.77. The van der Waals surface area contributed by atoms with Gasteiger partial charge in [-0.05, 0) is 42.7 Å². The first-order chi connectivity index (χ1) is 11.2. The van der Waals surface area contributed by atoms with Crippen LogP contribution in [0.5, 0.6) is 0 Å². The van der Waals surface area contributed by atoms with Gasteiger partial charge in [0.25, 0.3) is 0 Å². The highest BCUT2D eigenvalue weighted by molar-refractivity contribution is 5.66. The number of ether oxygens (including phenoxy) is 2. The Morgan fingerprint density at radius 1 is 1.13 bits per heavy atom. The summed E-state index contributed by atoms with van der Waals surface area (Å²) in [7, 11) is 0. The van der Waals surface area contributed by atoms with Crippen LogP contribution in [0.2, 0.25) is 0 Å². The minimum atomic E-state index is -0.152. The molecule has 1 saturated carbocycles. The molecule has 0 N–H and O–H groups in total. The molecule has 0 atom stereocenters. The third-order valence-electron chi connectivity index (χ3n) is 4.97. The van der Waals surface area contributed by atoms with Crippen LogP contribution in [0, 0.1) is 0 Å². The standard InChI is InChI=1S/C19H27NO3/c1-15(21)23-19-8-6-18(7-9-19)17-4-2-16(3-5-17)14-20-10-12-22-13-11-20/h2-5,18-19H,6-14H2,1H3/t18-,19-. The molecule has 1 aromatic rings. The largest absolute Gasteiger partial charge is 0.463 e. The van der Waals surface area contributed by atoms with E-state index in [4.69, 9.17) is 9.47 Å². The van der Waals surface area contributed by atoms with Crippen LogP contribution < -0.4 is 0 Å². The lowest BCUT2D eigenvalue weighted by Gasteiger charge is -2.29. The first-order valence-electron chi connectivity index (χ1n) is 8.77. The molecule has 2 fully saturated rings. The molecule has 4 nitrogen and oxygen atoms in total. The molecule has 1 aromatic carbocycles. The van der Waals surface area contributed by atoms with Crippen LogP contribution in [0.25, 0.3) is 0 Å². The molecule has 1 heterocycles. The molecule has 126 valence electrons. The van der Waals surface area contributed by atoms with E-state index in [9.17, 15) is 4.79 Å². The average molecular weight is 317 g/mol. The third-order valence-corrected chi connectivity index (χ3v) is 4.97. The van der Waals surface area contributed by atoms with Crippen molar-refractivity contribution < 1.29 is 14.3 Å². The van der Waals surface area contributed by atoms with Crippen molar-refractivity contribution in [1.82, 2.24) is 4.90 Å². The maximum Gasteiger partial charge on any atom is 0.302 e. The predicted molar refractivity (Wildman–Crippen MR) is 89.3 cm³/mol. The minimum absolute atomic E-state index is 0.129. The minimum Gasteiger partial charge on any atom is -0.463 e. The number of esters is 1. The Labute approximate surface area is 138 Å². The summed E-state index contributed by atoms with van der Waals surface area (Å²) in [4.78, 5) is 13.5. The number of rotatable bonds is 4. The van der Waals surface area contributed by atoms with Gasteiger partial charge in [-0.2, -0.15) is 0 Å². The number of carbonyl (C=O) groups is 1. The molecule has 0 radical (unpaired) electrons. The molecule has 1 aliphatic heterocycles. The highest BCUT2D eigenvalue weighted by Gasteiger charge is 2.24. The zero-order chi connectivity index (χ0) is 16.1. The van der Waals surface area contributed by atoms with E-state index in [1.165, 1.54) is 18.1 Å². The Morgan fingerprint density at radius 3 is 2.39 bits per heavy atom. The van der Waals surface area contributed by atoms with Crippen LogP contribution in [-0.4, -0.2) is 43.3 Å². The van der Waals surface area contributed by atoms with E-state index in [-0.39, 0.29) is 12.1 Å². The van der Waals surface area contributed by atoms with Crippen molar-refractivity contribution in [2.24, 2.45) is 0 Å². The number of benzene rings is 1. The molecular formula is C19H27NO3. The molecule has 0 amide bonds. The number of hydrogen-bond donors (Lipinski definition) is 0. The lowest BCUT2D eigenvalue weighted by molar-refractivity contribution is -0.147. The maximum absolute atomic E-state index is 11.0. The molecular weight excluding hydrogens is 290 g/mol. The Hall–Kier alpha value is -1.39. The number of carbonyl (C=O) groups excluding carboxylic acids is 1. The molecule has 0 spiro atoms. The Morgan fingerprint density at radius 2 is 1.78 bits per heavy atom. The van der Waals surface area contributed by atoms with Gasteiger partial charge in [-0.1, -0.05) is 24.3 Å². The predicted octanol–water partition coefficient (Wildman–Crippen LogP) is 3.11. The van der Waals surface area contributed by atoms with Gasteiger partial charge in [0, 0.05) is 26.6 Å². The van der Waals surface area contributed by atoms with Gasteiger partial charge in [0.05, 0.1) is 13.2 Å². The molecule has 2 aliphatic rings. The van der Waals surface area contributed by atoms with E-state index in [2.05, 4.69) is 29.2 Å². The molecule has 23 heavy (non-hydrogen) atoms. The van der Waals surface area contributed by atoms with Crippen LogP contribution in [0.3, 0.4) is 0 Å². The molecule has 0 unspecified atom stereocenters. The van der Waals surface area contributed by atoms with Gasteiger partial charge >= 0.3 is 5.97 Å². The van der Waals surface area contributed by atoms with Crippen molar-refractivity contribution in [1.29, 1.82) is 0 Å². The normalized spacial score (nSPS) is 26.0. The summed E-state index contributed by atoms with van der Waals surface area (Å²) >= 11 is 0. The van der Waals surface area contributed by atoms with Gasteiger partial charge in [0.1, 0.15) is 6.10 Å². The van der Waals surface area contributed by atoms with Crippen LogP contribution >= 0.6 is 0 Å². The molecule has 4 heteroatoms. The zero-order valence-electron chi connectivity index (χ0n) is 14.0. The average Bonchev–Trinajstić information content (AvgIpc) is 2.57. The lowest BCUT2D eigenvalue weighted by Crippen LogP contribution is -2.35. The Bertz CT molecular complexity index is 500. The summed E-state index contributed by atoms with van der Waals surface area (Å²) in [5, 5.41) is 0. The van der Waals surface area contributed by atoms with E-state index in [1.54, 1.807) is 0 Å².